The summed E-state index contributed by atoms with van der Waals surface area (Å²) in [6, 6.07) is 11.9. The number of hydrogen-bond acceptors (Lipinski definition) is 7. The Labute approximate surface area is 246 Å². The number of halogens is 1. The average Bonchev–Trinajstić information content (AvgIpc) is 3.59. The maximum atomic E-state index is 14.6. The largest absolute Gasteiger partial charge is 0.353 e. The number of nitrogens with zero attached hydrogens (tertiary/aromatic N) is 4. The lowest BCUT2D eigenvalue weighted by atomic mass is 10.0. The third-order valence-corrected chi connectivity index (χ3v) is 7.50. The number of aromatic nitrogens is 6. The first-order chi connectivity index (χ1) is 20.7. The first kappa shape index (κ1) is 28.1. The first-order valence-corrected chi connectivity index (χ1v) is 15.4. The molecule has 0 atom stereocenters. The number of anilines is 1. The van der Waals surface area contributed by atoms with Gasteiger partial charge in [-0.2, -0.15) is 5.10 Å². The van der Waals surface area contributed by atoms with Gasteiger partial charge in [-0.05, 0) is 54.4 Å². The number of carbonyl (C=O) groups is 1. The molecule has 43 heavy (non-hydrogen) atoms. The lowest BCUT2D eigenvalue weighted by Gasteiger charge is -2.08. The number of H-pyrrole nitrogens is 2. The van der Waals surface area contributed by atoms with Crippen LogP contribution in [-0.2, 0) is 21.4 Å². The zero-order chi connectivity index (χ0) is 30.1. The second-order valence-electron chi connectivity index (χ2n) is 10.2. The topological polar surface area (TPSA) is 158 Å². The van der Waals surface area contributed by atoms with E-state index in [0.717, 1.165) is 45.8 Å². The molecule has 0 spiro atoms. The van der Waals surface area contributed by atoms with Crippen molar-refractivity contribution in [3.8, 4) is 33.8 Å². The van der Waals surface area contributed by atoms with Crippen LogP contribution in [0.15, 0.2) is 67.3 Å². The molecule has 0 saturated carbocycles. The number of sulfonamides is 1. The predicted molar refractivity (Wildman–Crippen MR) is 163 cm³/mol. The van der Waals surface area contributed by atoms with Crippen molar-refractivity contribution in [3.63, 3.8) is 0 Å². The number of hydrogen-bond donors (Lipinski definition) is 4. The minimum atomic E-state index is -3.45. The third kappa shape index (κ3) is 6.12. The van der Waals surface area contributed by atoms with Crippen LogP contribution in [0.3, 0.4) is 0 Å². The highest BCUT2D eigenvalue weighted by atomic mass is 32.2. The van der Waals surface area contributed by atoms with Gasteiger partial charge < -0.3 is 10.3 Å². The zero-order valence-corrected chi connectivity index (χ0v) is 24.1. The van der Waals surface area contributed by atoms with Gasteiger partial charge in [0.15, 0.2) is 5.65 Å². The van der Waals surface area contributed by atoms with E-state index in [1.165, 1.54) is 12.1 Å². The van der Waals surface area contributed by atoms with Gasteiger partial charge in [-0.1, -0.05) is 6.92 Å². The fourth-order valence-corrected chi connectivity index (χ4v) is 5.33. The Hall–Kier alpha value is -5.01. The van der Waals surface area contributed by atoms with Gasteiger partial charge in [-0.15, -0.1) is 0 Å². The Morgan fingerprint density at radius 1 is 0.977 bits per heavy atom. The summed E-state index contributed by atoms with van der Waals surface area (Å²) in [6.45, 7) is 1.90. The average molecular weight is 599 g/mol. The van der Waals surface area contributed by atoms with E-state index in [4.69, 9.17) is 0 Å². The molecular weight excluding hydrogens is 571 g/mol. The number of nitrogens with one attached hydrogen (secondary N) is 4. The van der Waals surface area contributed by atoms with Crippen molar-refractivity contribution in [1.82, 2.24) is 34.9 Å². The van der Waals surface area contributed by atoms with Crippen molar-refractivity contribution in [2.75, 3.05) is 11.6 Å². The maximum Gasteiger partial charge on any atom is 0.224 e. The van der Waals surface area contributed by atoms with E-state index in [1.807, 2.05) is 31.2 Å². The van der Waals surface area contributed by atoms with Crippen LogP contribution >= 0.6 is 0 Å². The summed E-state index contributed by atoms with van der Waals surface area (Å²) in [5.41, 5.74) is 6.41. The van der Waals surface area contributed by atoms with E-state index in [9.17, 15) is 17.6 Å². The van der Waals surface area contributed by atoms with Crippen molar-refractivity contribution >= 4 is 43.6 Å². The van der Waals surface area contributed by atoms with Gasteiger partial charge in [-0.25, -0.2) is 22.5 Å². The van der Waals surface area contributed by atoms with Crippen molar-refractivity contribution in [1.29, 1.82) is 0 Å². The van der Waals surface area contributed by atoms with Crippen LogP contribution in [0.2, 0.25) is 0 Å². The van der Waals surface area contributed by atoms with E-state index in [2.05, 4.69) is 40.2 Å². The van der Waals surface area contributed by atoms with Crippen LogP contribution in [0.25, 0.3) is 55.7 Å². The summed E-state index contributed by atoms with van der Waals surface area (Å²) in [6.07, 6.45) is 8.87. The molecule has 4 N–H and O–H groups in total. The summed E-state index contributed by atoms with van der Waals surface area (Å²) in [7, 11) is -3.45. The van der Waals surface area contributed by atoms with E-state index < -0.39 is 15.8 Å². The first-order valence-electron chi connectivity index (χ1n) is 13.5. The zero-order valence-electron chi connectivity index (χ0n) is 23.3. The molecule has 6 rings (SSSR count). The Balaban J connectivity index is 1.37. The molecule has 0 aliphatic rings. The van der Waals surface area contributed by atoms with Crippen LogP contribution in [0, 0.1) is 5.82 Å². The SMILES string of the molecule is CCCC(=O)Nc1cncc(-c2cnc3n[nH]c(-c4cc5c(-c6cc(F)cc(CNS(C)(=O)=O)c6)nccc5[nH]4)c3c2)c1. The van der Waals surface area contributed by atoms with Gasteiger partial charge in [0.05, 0.1) is 35.2 Å². The molecule has 6 aromatic rings. The number of fused-ring (bicyclic) bond motifs is 2. The van der Waals surface area contributed by atoms with Gasteiger partial charge in [0.2, 0.25) is 15.9 Å². The fourth-order valence-electron chi connectivity index (χ4n) is 4.90. The standard InChI is InChI=1S/C30H27FN8O3S/c1-3-4-27(40)36-22-10-19(14-32-16-22)20-11-24-29(38-39-30(24)34-15-20)26-12-23-25(37-26)5-6-33-28(23)18-7-17(8-21(31)9-18)13-35-43(2,41)42/h5-12,14-16,35,37H,3-4,13H2,1-2H3,(H,36,40)(H,34,38,39). The van der Waals surface area contributed by atoms with Gasteiger partial charge in [0, 0.05) is 64.5 Å². The van der Waals surface area contributed by atoms with E-state index >= 15 is 0 Å². The van der Waals surface area contributed by atoms with E-state index in [0.29, 0.717) is 40.3 Å². The number of rotatable bonds is 9. The molecule has 1 aromatic carbocycles. The second-order valence-corrected chi connectivity index (χ2v) is 12.0. The molecule has 5 heterocycles. The Kier molecular flexibility index (Phi) is 7.42. The second kappa shape index (κ2) is 11.3. The highest BCUT2D eigenvalue weighted by molar-refractivity contribution is 7.88. The summed E-state index contributed by atoms with van der Waals surface area (Å²) in [5, 5.41) is 11.8. The highest BCUT2D eigenvalue weighted by Crippen LogP contribution is 2.34. The van der Waals surface area contributed by atoms with Gasteiger partial charge in [0.25, 0.3) is 0 Å². The van der Waals surface area contributed by atoms with Crippen molar-refractivity contribution in [2.24, 2.45) is 0 Å². The van der Waals surface area contributed by atoms with Crippen molar-refractivity contribution in [3.05, 3.63) is 78.6 Å². The predicted octanol–water partition coefficient (Wildman–Crippen LogP) is 5.16. The quantitative estimate of drug-likeness (QED) is 0.179. The summed E-state index contributed by atoms with van der Waals surface area (Å²) < 4.78 is 40.1. The van der Waals surface area contributed by atoms with Crippen LogP contribution in [0.5, 0.6) is 0 Å². The summed E-state index contributed by atoms with van der Waals surface area (Å²) >= 11 is 0. The fraction of sp³-hybridized carbons (Fsp3) is 0.167. The molecule has 0 fully saturated rings. The van der Waals surface area contributed by atoms with Crippen LogP contribution in [-0.4, -0.2) is 50.7 Å². The number of pyridine rings is 3. The molecule has 218 valence electrons. The summed E-state index contributed by atoms with van der Waals surface area (Å²) in [5.74, 6) is -0.570. The Morgan fingerprint density at radius 2 is 1.81 bits per heavy atom. The molecule has 0 bridgehead atoms. The lowest BCUT2D eigenvalue weighted by Crippen LogP contribution is -2.21. The number of benzene rings is 1. The Morgan fingerprint density at radius 3 is 2.63 bits per heavy atom. The van der Waals surface area contributed by atoms with Crippen LogP contribution < -0.4 is 10.0 Å². The normalized spacial score (nSPS) is 11.8. The maximum absolute atomic E-state index is 14.6. The minimum Gasteiger partial charge on any atom is -0.353 e. The van der Waals surface area contributed by atoms with Gasteiger partial charge in [0.1, 0.15) is 5.82 Å². The van der Waals surface area contributed by atoms with Crippen molar-refractivity contribution < 1.29 is 17.6 Å². The van der Waals surface area contributed by atoms with Crippen molar-refractivity contribution in [2.45, 2.75) is 26.3 Å². The number of aromatic amines is 2. The Bertz CT molecular complexity index is 2110. The van der Waals surface area contributed by atoms with E-state index in [-0.39, 0.29) is 12.5 Å². The minimum absolute atomic E-state index is 0.0447. The number of amides is 1. The lowest BCUT2D eigenvalue weighted by molar-refractivity contribution is -0.116. The third-order valence-electron chi connectivity index (χ3n) is 6.83. The molecule has 0 aliphatic carbocycles. The number of carbonyl (C=O) groups excluding carboxylic acids is 1. The van der Waals surface area contributed by atoms with Gasteiger partial charge >= 0.3 is 0 Å². The smallest absolute Gasteiger partial charge is 0.224 e. The molecule has 1 amide bonds. The molecule has 0 aliphatic heterocycles. The highest BCUT2D eigenvalue weighted by Gasteiger charge is 2.16. The van der Waals surface area contributed by atoms with Crippen LogP contribution in [0.1, 0.15) is 25.3 Å². The molecule has 11 nitrogen and oxygen atoms in total. The van der Waals surface area contributed by atoms with Gasteiger partial charge in [-0.3, -0.25) is 19.9 Å². The molecule has 0 radical (unpaired) electrons. The molecule has 0 saturated heterocycles. The molecular formula is C30H27FN8O3S. The molecule has 13 heteroatoms. The van der Waals surface area contributed by atoms with Crippen LogP contribution in [0.4, 0.5) is 10.1 Å². The molecule has 0 unspecified atom stereocenters. The summed E-state index contributed by atoms with van der Waals surface area (Å²) in [4.78, 5) is 28.8. The molecule has 5 aromatic heterocycles. The monoisotopic (exact) mass is 598 g/mol. The van der Waals surface area contributed by atoms with E-state index in [1.54, 1.807) is 30.9 Å².